The lowest BCUT2D eigenvalue weighted by Gasteiger charge is -2.40. The highest BCUT2D eigenvalue weighted by atomic mass is 16.7. The van der Waals surface area contributed by atoms with Gasteiger partial charge in [-0.3, -0.25) is 4.79 Å². The van der Waals surface area contributed by atoms with Gasteiger partial charge in [-0.1, -0.05) is 24.1 Å². The summed E-state index contributed by atoms with van der Waals surface area (Å²) in [7, 11) is 0. The number of aliphatic hydroxyl groups is 4. The fourth-order valence-corrected chi connectivity index (χ4v) is 4.32. The van der Waals surface area contributed by atoms with E-state index in [1.807, 2.05) is 32.9 Å². The summed E-state index contributed by atoms with van der Waals surface area (Å²) in [4.78, 5) is 12.0. The highest BCUT2D eigenvalue weighted by Gasteiger charge is 2.45. The average Bonchev–Trinajstić information content (AvgIpc) is 2.93. The Labute approximate surface area is 170 Å². The molecule has 0 bridgehead atoms. The number of ether oxygens (including phenoxy) is 3. The topological polar surface area (TPSA) is 126 Å². The SMILES string of the molecule is C/C1=C/[C@@H](O[C@@H]2O[C@H](CO)[C@@H](O)[C@@H](O)[C@@H]2O)C/C(C)=C\[C@H]2OC(=O)[C@@H](C)[C@@H]2CC1. The van der Waals surface area contributed by atoms with Gasteiger partial charge in [0.25, 0.3) is 0 Å². The van der Waals surface area contributed by atoms with E-state index in [0.29, 0.717) is 6.42 Å². The minimum atomic E-state index is -1.48. The molecular weight excluding hydrogens is 380 g/mol. The molecule has 0 unspecified atom stereocenters. The summed E-state index contributed by atoms with van der Waals surface area (Å²) in [6.45, 7) is 5.33. The average molecular weight is 412 g/mol. The van der Waals surface area contributed by atoms with Crippen molar-refractivity contribution in [2.45, 2.75) is 82.9 Å². The molecule has 0 spiro atoms. The van der Waals surface area contributed by atoms with Gasteiger partial charge < -0.3 is 34.6 Å². The Balaban J connectivity index is 1.76. The van der Waals surface area contributed by atoms with Gasteiger partial charge >= 0.3 is 5.97 Å². The van der Waals surface area contributed by atoms with Gasteiger partial charge in [-0.25, -0.2) is 0 Å². The van der Waals surface area contributed by atoms with Crippen molar-refractivity contribution in [3.63, 3.8) is 0 Å². The van der Waals surface area contributed by atoms with Crippen LogP contribution in [-0.2, 0) is 19.0 Å². The minimum Gasteiger partial charge on any atom is -0.458 e. The number of allylic oxidation sites excluding steroid dienone is 1. The lowest BCUT2D eigenvalue weighted by molar-refractivity contribution is -0.307. The Bertz CT molecular complexity index is 657. The van der Waals surface area contributed by atoms with Crippen LogP contribution < -0.4 is 0 Å². The van der Waals surface area contributed by atoms with Crippen LogP contribution in [0.15, 0.2) is 23.3 Å². The molecule has 3 rings (SSSR count). The van der Waals surface area contributed by atoms with E-state index in [0.717, 1.165) is 24.0 Å². The number of esters is 1. The van der Waals surface area contributed by atoms with Gasteiger partial charge in [0, 0.05) is 5.92 Å². The Morgan fingerprint density at radius 1 is 1.10 bits per heavy atom. The van der Waals surface area contributed by atoms with Crippen LogP contribution in [0.2, 0.25) is 0 Å². The predicted molar refractivity (Wildman–Crippen MR) is 103 cm³/mol. The Kier molecular flexibility index (Phi) is 7.14. The minimum absolute atomic E-state index is 0.127. The summed E-state index contributed by atoms with van der Waals surface area (Å²) in [5.74, 6) is -0.153. The maximum absolute atomic E-state index is 12.0. The Hall–Kier alpha value is -1.29. The summed E-state index contributed by atoms with van der Waals surface area (Å²) in [5, 5.41) is 39.5. The van der Waals surface area contributed by atoms with Crippen LogP contribution in [0.4, 0.5) is 0 Å². The molecule has 2 aliphatic heterocycles. The van der Waals surface area contributed by atoms with Gasteiger partial charge in [0.2, 0.25) is 0 Å². The van der Waals surface area contributed by atoms with Crippen LogP contribution in [0.5, 0.6) is 0 Å². The number of rotatable bonds is 3. The van der Waals surface area contributed by atoms with Gasteiger partial charge in [0.1, 0.15) is 30.5 Å². The summed E-state index contributed by atoms with van der Waals surface area (Å²) < 4.78 is 17.0. The number of aliphatic hydroxyl groups excluding tert-OH is 4. The van der Waals surface area contributed by atoms with E-state index < -0.39 is 43.4 Å². The molecule has 2 saturated heterocycles. The number of carbonyl (C=O) groups is 1. The van der Waals surface area contributed by atoms with Gasteiger partial charge in [0.05, 0.1) is 18.6 Å². The summed E-state index contributed by atoms with van der Waals surface area (Å²) in [5.41, 5.74) is 2.06. The normalized spacial score (nSPS) is 47.4. The lowest BCUT2D eigenvalue weighted by Crippen LogP contribution is -2.59. The van der Waals surface area contributed by atoms with Crippen LogP contribution in [0, 0.1) is 11.8 Å². The summed E-state index contributed by atoms with van der Waals surface area (Å²) >= 11 is 0. The van der Waals surface area contributed by atoms with E-state index in [1.54, 1.807) is 0 Å². The maximum atomic E-state index is 12.0. The smallest absolute Gasteiger partial charge is 0.309 e. The zero-order valence-electron chi connectivity index (χ0n) is 17.1. The predicted octanol–water partition coefficient (Wildman–Crippen LogP) is 0.426. The van der Waals surface area contributed by atoms with Crippen molar-refractivity contribution >= 4 is 5.97 Å². The fourth-order valence-electron chi connectivity index (χ4n) is 4.32. The molecule has 9 atom stereocenters. The van der Waals surface area contributed by atoms with Crippen LogP contribution >= 0.6 is 0 Å². The molecule has 0 radical (unpaired) electrons. The van der Waals surface area contributed by atoms with Crippen LogP contribution in [0.1, 0.15) is 40.0 Å². The first-order chi connectivity index (χ1) is 13.7. The molecule has 0 aromatic heterocycles. The molecule has 0 amide bonds. The van der Waals surface area contributed by atoms with Crippen molar-refractivity contribution in [1.82, 2.24) is 0 Å². The number of carbonyl (C=O) groups excluding carboxylic acids is 1. The molecule has 2 fully saturated rings. The van der Waals surface area contributed by atoms with Crippen LogP contribution in [0.25, 0.3) is 0 Å². The van der Waals surface area contributed by atoms with Gasteiger partial charge in [-0.15, -0.1) is 0 Å². The van der Waals surface area contributed by atoms with Crippen molar-refractivity contribution in [3.05, 3.63) is 23.3 Å². The zero-order valence-corrected chi connectivity index (χ0v) is 17.1. The molecule has 8 heteroatoms. The Morgan fingerprint density at radius 2 is 1.83 bits per heavy atom. The van der Waals surface area contributed by atoms with Crippen LogP contribution in [0.3, 0.4) is 0 Å². The second-order valence-electron chi connectivity index (χ2n) is 8.49. The monoisotopic (exact) mass is 412 g/mol. The molecule has 4 N–H and O–H groups in total. The van der Waals surface area contributed by atoms with E-state index in [-0.39, 0.29) is 23.9 Å². The van der Waals surface area contributed by atoms with E-state index in [1.165, 1.54) is 0 Å². The quantitative estimate of drug-likeness (QED) is 0.388. The first-order valence-electron chi connectivity index (χ1n) is 10.2. The highest BCUT2D eigenvalue weighted by molar-refractivity contribution is 5.75. The fraction of sp³-hybridized carbons (Fsp3) is 0.762. The molecule has 2 heterocycles. The van der Waals surface area contributed by atoms with Crippen molar-refractivity contribution in [1.29, 1.82) is 0 Å². The molecule has 164 valence electrons. The zero-order chi connectivity index (χ0) is 21.3. The van der Waals surface area contributed by atoms with E-state index in [9.17, 15) is 25.2 Å². The van der Waals surface area contributed by atoms with Crippen molar-refractivity contribution in [3.8, 4) is 0 Å². The lowest BCUT2D eigenvalue weighted by atomic mass is 9.84. The van der Waals surface area contributed by atoms with Gasteiger partial charge in [-0.2, -0.15) is 0 Å². The third-order valence-electron chi connectivity index (χ3n) is 6.16. The van der Waals surface area contributed by atoms with Gasteiger partial charge in [0.15, 0.2) is 6.29 Å². The van der Waals surface area contributed by atoms with Crippen molar-refractivity contribution in [2.24, 2.45) is 11.8 Å². The van der Waals surface area contributed by atoms with Gasteiger partial charge in [-0.05, 0) is 39.2 Å². The standard InChI is InChI=1S/C21H32O8/c1-10-4-5-14-12(3)20(26)28-15(14)8-11(2)7-13(6-10)27-21-19(25)18(24)17(23)16(9-22)29-21/h6,8,12-19,21-25H,4-5,7,9H2,1-3H3/b10-6-,11-8-/t12-,13+,14-,15+,16+,17+,18+,19-,21+/m0/s1. The molecule has 0 saturated carbocycles. The van der Waals surface area contributed by atoms with Crippen LogP contribution in [-0.4, -0.2) is 75.9 Å². The molecule has 3 aliphatic rings. The first-order valence-corrected chi connectivity index (χ1v) is 10.2. The molecule has 1 aliphatic carbocycles. The second-order valence-corrected chi connectivity index (χ2v) is 8.49. The maximum Gasteiger partial charge on any atom is 0.309 e. The third-order valence-corrected chi connectivity index (χ3v) is 6.16. The van der Waals surface area contributed by atoms with E-state index >= 15 is 0 Å². The van der Waals surface area contributed by atoms with E-state index in [4.69, 9.17) is 14.2 Å². The summed E-state index contributed by atoms with van der Waals surface area (Å²) in [6.07, 6.45) is -1.24. The summed E-state index contributed by atoms with van der Waals surface area (Å²) in [6, 6.07) is 0. The molecule has 8 nitrogen and oxygen atoms in total. The highest BCUT2D eigenvalue weighted by Crippen LogP contribution is 2.35. The number of hydrogen-bond donors (Lipinski definition) is 4. The van der Waals surface area contributed by atoms with Crippen molar-refractivity contribution in [2.75, 3.05) is 6.61 Å². The van der Waals surface area contributed by atoms with E-state index in [2.05, 4.69) is 0 Å². The van der Waals surface area contributed by atoms with Crippen molar-refractivity contribution < 1.29 is 39.4 Å². The Morgan fingerprint density at radius 3 is 2.52 bits per heavy atom. The number of fused-ring (bicyclic) bond motifs is 1. The largest absolute Gasteiger partial charge is 0.458 e. The second kappa shape index (κ2) is 9.24. The first kappa shape index (κ1) is 22.4. The molecule has 0 aromatic carbocycles. The number of hydrogen-bond acceptors (Lipinski definition) is 8. The molecule has 29 heavy (non-hydrogen) atoms. The molecule has 0 aromatic rings. The third kappa shape index (κ3) is 4.90. The molecular formula is C21H32O8.